The monoisotopic (exact) mass is 631 g/mol. The Morgan fingerprint density at radius 3 is 1.27 bits per heavy atom. The highest BCUT2D eigenvalue weighted by Gasteiger charge is 2.51. The molecule has 0 aliphatic heterocycles. The van der Waals surface area contributed by atoms with Gasteiger partial charge in [0.2, 0.25) is 0 Å². The van der Waals surface area contributed by atoms with E-state index >= 15 is 0 Å². The lowest BCUT2D eigenvalue weighted by atomic mass is 9.70. The summed E-state index contributed by atoms with van der Waals surface area (Å²) in [7, 11) is 2.84. The Morgan fingerprint density at radius 2 is 0.750 bits per heavy atom. The second kappa shape index (κ2) is 9.89. The summed E-state index contributed by atoms with van der Waals surface area (Å²) in [5.74, 6) is 0. The molecule has 7 aromatic carbocycles. The van der Waals surface area contributed by atoms with E-state index in [1.165, 1.54) is 77.8 Å². The van der Waals surface area contributed by atoms with Crippen LogP contribution in [0.2, 0.25) is 0 Å². The Morgan fingerprint density at radius 1 is 0.375 bits per heavy atom. The summed E-state index contributed by atoms with van der Waals surface area (Å²) in [5.41, 5.74) is 19.2. The van der Waals surface area contributed by atoms with Crippen molar-refractivity contribution in [3.63, 3.8) is 0 Å². The van der Waals surface area contributed by atoms with Crippen molar-refractivity contribution in [1.82, 2.24) is 0 Å². The molecule has 1 atom stereocenters. The van der Waals surface area contributed by atoms with E-state index in [1.54, 1.807) is 0 Å². The summed E-state index contributed by atoms with van der Waals surface area (Å²) in [5, 5.41) is 1.17. The van der Waals surface area contributed by atoms with Crippen LogP contribution in [0.15, 0.2) is 158 Å². The van der Waals surface area contributed by atoms with E-state index in [0.717, 1.165) is 11.4 Å². The number of hydrogen-bond donors (Lipinski definition) is 0. The molecule has 0 saturated carbocycles. The van der Waals surface area contributed by atoms with E-state index in [9.17, 15) is 0 Å². The van der Waals surface area contributed by atoms with Crippen LogP contribution in [0.1, 0.15) is 47.2 Å². The van der Waals surface area contributed by atoms with Crippen LogP contribution in [-0.2, 0) is 10.8 Å². The molecular weight excluding hydrogens is 597 g/mol. The van der Waals surface area contributed by atoms with Gasteiger partial charge in [-0.1, -0.05) is 135 Å². The molecule has 228 valence electrons. The summed E-state index contributed by atoms with van der Waals surface area (Å²) in [6, 6.07) is 59.1. The maximum atomic E-state index is 2.84. The summed E-state index contributed by atoms with van der Waals surface area (Å²) in [6.07, 6.45) is 0. The second-order valence-corrected chi connectivity index (χ2v) is 14.6. The third-order valence-corrected chi connectivity index (χ3v) is 11.6. The van der Waals surface area contributed by atoms with E-state index in [0.29, 0.717) is 0 Å². The maximum absolute atomic E-state index is 2.84. The van der Waals surface area contributed by atoms with Gasteiger partial charge in [0, 0.05) is 22.5 Å². The minimum absolute atomic E-state index is 0.0849. The van der Waals surface area contributed by atoms with E-state index in [4.69, 9.17) is 0 Å². The van der Waals surface area contributed by atoms with Crippen LogP contribution >= 0.6 is 9.24 Å². The Kier molecular flexibility index (Phi) is 5.74. The minimum Gasteiger partial charge on any atom is -0.310 e. The molecule has 0 N–H and O–H groups in total. The number of nitrogens with zero attached hydrogens (tertiary/aromatic N) is 1. The minimum atomic E-state index is -0.383. The van der Waals surface area contributed by atoms with Gasteiger partial charge in [0.05, 0.1) is 5.41 Å². The van der Waals surface area contributed by atoms with Crippen LogP contribution in [0, 0.1) is 0 Å². The lowest BCUT2D eigenvalue weighted by molar-refractivity contribution is 0.660. The van der Waals surface area contributed by atoms with Crippen LogP contribution in [0.3, 0.4) is 0 Å². The third kappa shape index (κ3) is 3.55. The molecule has 2 heteroatoms. The molecule has 10 rings (SSSR count). The molecule has 0 amide bonds. The zero-order valence-corrected chi connectivity index (χ0v) is 28.2. The molecule has 0 bridgehead atoms. The van der Waals surface area contributed by atoms with Gasteiger partial charge >= 0.3 is 0 Å². The molecule has 0 fully saturated rings. The van der Waals surface area contributed by atoms with Gasteiger partial charge in [-0.25, -0.2) is 0 Å². The fourth-order valence-corrected chi connectivity index (χ4v) is 9.32. The summed E-state index contributed by atoms with van der Waals surface area (Å²) in [6.45, 7) is 4.72. The molecule has 48 heavy (non-hydrogen) atoms. The van der Waals surface area contributed by atoms with Gasteiger partial charge in [0.25, 0.3) is 0 Å². The molecule has 0 radical (unpaired) electrons. The van der Waals surface area contributed by atoms with Crippen molar-refractivity contribution in [3.8, 4) is 33.4 Å². The predicted molar refractivity (Wildman–Crippen MR) is 204 cm³/mol. The van der Waals surface area contributed by atoms with Gasteiger partial charge in [-0.05, 0) is 108 Å². The zero-order valence-electron chi connectivity index (χ0n) is 27.0. The quantitative estimate of drug-likeness (QED) is 0.175. The average Bonchev–Trinajstić information content (AvgIpc) is 3.68. The van der Waals surface area contributed by atoms with Crippen LogP contribution in [0.4, 0.5) is 17.1 Å². The lowest BCUT2D eigenvalue weighted by Gasteiger charge is -2.32. The molecule has 1 unspecified atom stereocenters. The number of hydrogen-bond acceptors (Lipinski definition) is 1. The normalized spacial score (nSPS) is 14.9. The topological polar surface area (TPSA) is 3.24 Å². The first kappa shape index (κ1) is 27.8. The van der Waals surface area contributed by atoms with E-state index in [2.05, 4.69) is 186 Å². The van der Waals surface area contributed by atoms with Crippen molar-refractivity contribution in [3.05, 3.63) is 191 Å². The largest absolute Gasteiger partial charge is 0.310 e. The van der Waals surface area contributed by atoms with Crippen LogP contribution < -0.4 is 10.2 Å². The maximum Gasteiger partial charge on any atom is 0.0726 e. The summed E-state index contributed by atoms with van der Waals surface area (Å²) >= 11 is 0. The molecule has 0 heterocycles. The SMILES string of the molecule is CC1(C)c2ccccc2-c2ccc(N(c3ccc(P)cc3)c3ccc4c(c3)C3(c5ccccc5-c5ccccc53)c3ccccc3-4)cc21. The molecule has 3 aliphatic carbocycles. The van der Waals surface area contributed by atoms with Gasteiger partial charge in [-0.2, -0.15) is 0 Å². The van der Waals surface area contributed by atoms with Crippen molar-refractivity contribution in [2.24, 2.45) is 0 Å². The Balaban J connectivity index is 1.23. The second-order valence-electron chi connectivity index (χ2n) is 13.9. The fourth-order valence-electron chi connectivity index (χ4n) is 9.12. The highest BCUT2D eigenvalue weighted by atomic mass is 31.0. The van der Waals surface area contributed by atoms with Gasteiger partial charge in [-0.15, -0.1) is 9.24 Å². The number of fused-ring (bicyclic) bond motifs is 13. The summed E-state index contributed by atoms with van der Waals surface area (Å²) < 4.78 is 0. The Labute approximate surface area is 284 Å². The first-order valence-electron chi connectivity index (χ1n) is 16.8. The molecule has 1 nitrogen and oxygen atoms in total. The molecule has 0 aromatic heterocycles. The molecule has 1 spiro atoms. The standard InChI is InChI=1S/C46H34NP/c1-45(2)39-15-7-3-11-33(39)37-25-21-30(27-43(37)45)47(29-19-23-32(48)24-20-29)31-22-26-38-36-14-6-10-18-42(36)46(44(38)28-31)40-16-8-4-12-34(40)35-13-5-9-17-41(35)46/h3-28H,48H2,1-2H3. The number of rotatable bonds is 3. The van der Waals surface area contributed by atoms with Gasteiger partial charge < -0.3 is 4.90 Å². The fraction of sp³-hybridized carbons (Fsp3) is 0.0870. The van der Waals surface area contributed by atoms with Crippen LogP contribution in [0.5, 0.6) is 0 Å². The first-order valence-corrected chi connectivity index (χ1v) is 17.4. The van der Waals surface area contributed by atoms with Crippen molar-refractivity contribution < 1.29 is 0 Å². The Hall–Kier alpha value is -5.23. The highest BCUT2D eigenvalue weighted by Crippen LogP contribution is 2.63. The third-order valence-electron chi connectivity index (χ3n) is 11.2. The highest BCUT2D eigenvalue weighted by molar-refractivity contribution is 7.27. The lowest BCUT2D eigenvalue weighted by Crippen LogP contribution is -2.26. The Bertz CT molecular complexity index is 2390. The van der Waals surface area contributed by atoms with Gasteiger partial charge in [-0.3, -0.25) is 0 Å². The van der Waals surface area contributed by atoms with E-state index in [-0.39, 0.29) is 10.8 Å². The predicted octanol–water partition coefficient (Wildman–Crippen LogP) is 11.3. The van der Waals surface area contributed by atoms with Crippen molar-refractivity contribution in [2.45, 2.75) is 24.7 Å². The van der Waals surface area contributed by atoms with E-state index in [1.807, 2.05) is 0 Å². The first-order chi connectivity index (χ1) is 23.5. The summed E-state index contributed by atoms with van der Waals surface area (Å²) in [4.78, 5) is 2.45. The van der Waals surface area contributed by atoms with E-state index < -0.39 is 0 Å². The molecule has 7 aromatic rings. The molecule has 3 aliphatic rings. The van der Waals surface area contributed by atoms with Gasteiger partial charge in [0.1, 0.15) is 0 Å². The van der Waals surface area contributed by atoms with Crippen molar-refractivity contribution in [2.75, 3.05) is 4.90 Å². The van der Waals surface area contributed by atoms with Gasteiger partial charge in [0.15, 0.2) is 0 Å². The zero-order chi connectivity index (χ0) is 32.2. The number of benzene rings is 7. The average molecular weight is 632 g/mol. The molecule has 0 saturated heterocycles. The van der Waals surface area contributed by atoms with Crippen molar-refractivity contribution >= 4 is 31.6 Å². The van der Waals surface area contributed by atoms with Crippen LogP contribution in [0.25, 0.3) is 33.4 Å². The molecular formula is C46H34NP. The smallest absolute Gasteiger partial charge is 0.0726 e. The number of anilines is 3. The van der Waals surface area contributed by atoms with Crippen LogP contribution in [-0.4, -0.2) is 0 Å². The van der Waals surface area contributed by atoms with Crippen molar-refractivity contribution in [1.29, 1.82) is 0 Å².